The van der Waals surface area contributed by atoms with Gasteiger partial charge in [0.15, 0.2) is 5.78 Å². The third-order valence-electron chi connectivity index (χ3n) is 5.36. The predicted octanol–water partition coefficient (Wildman–Crippen LogP) is 4.70. The van der Waals surface area contributed by atoms with Crippen LogP contribution in [0.4, 0.5) is 0 Å². The van der Waals surface area contributed by atoms with E-state index in [2.05, 4.69) is 36.8 Å². The topological polar surface area (TPSA) is 98.2 Å². The van der Waals surface area contributed by atoms with Crippen molar-refractivity contribution in [3.05, 3.63) is 65.6 Å². The summed E-state index contributed by atoms with van der Waals surface area (Å²) in [5.41, 5.74) is -1.64. The summed E-state index contributed by atoms with van der Waals surface area (Å²) in [7, 11) is 0. The number of hydrogen-bond acceptors (Lipinski definition) is 6. The zero-order valence-corrected chi connectivity index (χ0v) is 22.9. The Morgan fingerprint density at radius 3 is 2.48 bits per heavy atom. The molecule has 1 N–H and O–H groups in total. The second-order valence-electron chi connectivity index (χ2n) is 8.92. The molecule has 1 aromatic carbocycles. The van der Waals surface area contributed by atoms with E-state index in [0.717, 1.165) is 13.9 Å². The molecule has 0 saturated carbocycles. The number of aromatic nitrogens is 2. The van der Waals surface area contributed by atoms with Crippen LogP contribution in [-0.2, 0) is 21.5 Å². The Balaban J connectivity index is 1.92. The molecule has 2 heterocycles. The van der Waals surface area contributed by atoms with E-state index in [1.165, 1.54) is 25.2 Å². The van der Waals surface area contributed by atoms with E-state index in [-0.39, 0.29) is 11.1 Å². The molecule has 33 heavy (non-hydrogen) atoms. The van der Waals surface area contributed by atoms with Crippen LogP contribution < -0.4 is 11.2 Å². The third-order valence-corrected chi connectivity index (χ3v) is 7.94. The number of benzene rings is 1. The van der Waals surface area contributed by atoms with Crippen LogP contribution in [0.15, 0.2) is 37.6 Å². The highest BCUT2D eigenvalue weighted by Gasteiger charge is 2.39. The summed E-state index contributed by atoms with van der Waals surface area (Å²) in [4.78, 5) is 54.3. The summed E-state index contributed by atoms with van der Waals surface area (Å²) >= 11 is 7.82. The summed E-state index contributed by atoms with van der Waals surface area (Å²) in [6.07, 6.45) is 0.346. The van der Waals surface area contributed by atoms with Crippen LogP contribution in [0.3, 0.4) is 0 Å². The average molecular weight is 600 g/mol. The van der Waals surface area contributed by atoms with Crippen LogP contribution in [0.2, 0.25) is 0 Å². The van der Waals surface area contributed by atoms with Crippen molar-refractivity contribution in [3.8, 4) is 0 Å². The lowest BCUT2D eigenvalue weighted by molar-refractivity contribution is -0.166. The van der Waals surface area contributed by atoms with Crippen LogP contribution in [-0.4, -0.2) is 32.2 Å². The van der Waals surface area contributed by atoms with Crippen molar-refractivity contribution < 1.29 is 14.3 Å². The van der Waals surface area contributed by atoms with Crippen molar-refractivity contribution in [2.45, 2.75) is 52.2 Å². The number of H-pyrrole nitrogens is 1. The van der Waals surface area contributed by atoms with Gasteiger partial charge in [-0.15, -0.1) is 11.3 Å². The summed E-state index contributed by atoms with van der Waals surface area (Å²) < 4.78 is 7.45. The number of nitrogens with zero attached hydrogens (tertiary/aromatic N) is 1. The van der Waals surface area contributed by atoms with Gasteiger partial charge in [0.25, 0.3) is 5.56 Å². The molecule has 10 heteroatoms. The number of esters is 1. The fourth-order valence-corrected chi connectivity index (χ4v) is 5.55. The molecule has 0 aliphatic heterocycles. The van der Waals surface area contributed by atoms with Crippen LogP contribution in [0.25, 0.3) is 10.2 Å². The van der Waals surface area contributed by atoms with E-state index in [9.17, 15) is 19.2 Å². The normalized spacial score (nSPS) is 12.2. The van der Waals surface area contributed by atoms with Gasteiger partial charge >= 0.3 is 11.7 Å². The number of carbonyl (C=O) groups is 2. The van der Waals surface area contributed by atoms with Crippen molar-refractivity contribution in [3.63, 3.8) is 0 Å². The highest BCUT2D eigenvalue weighted by atomic mass is 79.9. The van der Waals surface area contributed by atoms with E-state index in [1.807, 2.05) is 6.07 Å². The number of carbonyl (C=O) groups excluding carboxylic acids is 2. The average Bonchev–Trinajstić information content (AvgIpc) is 3.00. The van der Waals surface area contributed by atoms with Crippen molar-refractivity contribution >= 4 is 65.2 Å². The standard InChI is InChI=1S/C23H24Br2N2O5S/c1-12-16-18(33-17(12)25)26-21(31)27(19(16)29)23(4,5)20(30)32-22(2,3)10-13-7-6-8-14(9-13)15(28)11-24/h6-9H,10-11H2,1-5H3,(H,26,31). The number of hydrogen-bond donors (Lipinski definition) is 1. The fraction of sp³-hybridized carbons (Fsp3) is 0.391. The molecule has 0 amide bonds. The van der Waals surface area contributed by atoms with Crippen LogP contribution in [0.5, 0.6) is 0 Å². The van der Waals surface area contributed by atoms with Crippen molar-refractivity contribution in [2.24, 2.45) is 0 Å². The molecule has 0 spiro atoms. The Morgan fingerprint density at radius 1 is 1.18 bits per heavy atom. The number of fused-ring (bicyclic) bond motifs is 1. The molecule has 0 unspecified atom stereocenters. The zero-order valence-electron chi connectivity index (χ0n) is 18.9. The summed E-state index contributed by atoms with van der Waals surface area (Å²) in [6, 6.07) is 7.13. The molecule has 7 nitrogen and oxygen atoms in total. The molecule has 0 radical (unpaired) electrons. The van der Waals surface area contributed by atoms with Gasteiger partial charge < -0.3 is 4.74 Å². The minimum Gasteiger partial charge on any atom is -0.458 e. The Hall–Kier alpha value is -2.04. The fourth-order valence-electron chi connectivity index (χ4n) is 3.62. The summed E-state index contributed by atoms with van der Waals surface area (Å²) in [5, 5.41) is 0.580. The van der Waals surface area contributed by atoms with Crippen molar-refractivity contribution in [1.29, 1.82) is 0 Å². The first-order valence-electron chi connectivity index (χ1n) is 10.1. The third kappa shape index (κ3) is 5.07. The Morgan fingerprint density at radius 2 is 1.85 bits per heavy atom. The molecule has 0 aliphatic rings. The molecule has 2 aromatic heterocycles. The van der Waals surface area contributed by atoms with Gasteiger partial charge in [0.1, 0.15) is 16.0 Å². The predicted molar refractivity (Wildman–Crippen MR) is 137 cm³/mol. The first-order valence-corrected chi connectivity index (χ1v) is 12.9. The number of alkyl halides is 1. The molecule has 3 rings (SSSR count). The zero-order chi connectivity index (χ0) is 24.7. The number of nitrogens with one attached hydrogen (secondary N) is 1. The maximum Gasteiger partial charge on any atom is 0.332 e. The molecule has 0 aliphatic carbocycles. The first-order chi connectivity index (χ1) is 15.3. The quantitative estimate of drug-likeness (QED) is 0.241. The summed E-state index contributed by atoms with van der Waals surface area (Å²) in [6.45, 7) is 8.24. The molecule has 176 valence electrons. The molecular weight excluding hydrogens is 576 g/mol. The first kappa shape index (κ1) is 25.6. The van der Waals surface area contributed by atoms with Crippen LogP contribution >= 0.6 is 43.2 Å². The number of ether oxygens (including phenoxy) is 1. The largest absolute Gasteiger partial charge is 0.458 e. The lowest BCUT2D eigenvalue weighted by atomic mass is 9.95. The number of aryl methyl sites for hydroxylation is 1. The minimum absolute atomic E-state index is 0.0443. The van der Waals surface area contributed by atoms with Crippen molar-refractivity contribution in [1.82, 2.24) is 9.55 Å². The van der Waals surface area contributed by atoms with E-state index in [4.69, 9.17) is 4.74 Å². The van der Waals surface area contributed by atoms with Gasteiger partial charge in [-0.05, 0) is 67.7 Å². The Labute approximate surface area is 211 Å². The molecule has 0 atom stereocenters. The Bertz CT molecular complexity index is 1370. The number of halogens is 2. The number of Topliss-reactive ketones (excluding diaryl/α,β-unsaturated/α-hetero) is 1. The highest BCUT2D eigenvalue weighted by molar-refractivity contribution is 9.11. The number of aromatic amines is 1. The van der Waals surface area contributed by atoms with Crippen LogP contribution in [0, 0.1) is 6.92 Å². The monoisotopic (exact) mass is 598 g/mol. The number of thiophene rings is 1. The number of ketones is 1. The SMILES string of the molecule is Cc1c(Br)sc2[nH]c(=O)n(C(C)(C)C(=O)OC(C)(C)Cc3cccc(C(=O)CBr)c3)c(=O)c12. The molecular formula is C23H24Br2N2O5S. The van der Waals surface area contributed by atoms with Gasteiger partial charge in [-0.1, -0.05) is 34.1 Å². The second kappa shape index (κ2) is 9.31. The van der Waals surface area contributed by atoms with Gasteiger partial charge in [0, 0.05) is 12.0 Å². The van der Waals surface area contributed by atoms with E-state index < -0.39 is 28.4 Å². The van der Waals surface area contributed by atoms with E-state index in [0.29, 0.717) is 27.8 Å². The van der Waals surface area contributed by atoms with E-state index in [1.54, 1.807) is 39.0 Å². The molecule has 0 fully saturated rings. The molecule has 3 aromatic rings. The van der Waals surface area contributed by atoms with Gasteiger partial charge in [-0.2, -0.15) is 0 Å². The van der Waals surface area contributed by atoms with Crippen LogP contribution in [0.1, 0.15) is 49.2 Å². The van der Waals surface area contributed by atoms with Gasteiger partial charge in [-0.3, -0.25) is 14.6 Å². The maximum absolute atomic E-state index is 13.2. The summed E-state index contributed by atoms with van der Waals surface area (Å²) in [5.74, 6) is -0.753. The lowest BCUT2D eigenvalue weighted by Gasteiger charge is -2.31. The molecule has 0 bridgehead atoms. The number of rotatable bonds is 7. The molecule has 0 saturated heterocycles. The smallest absolute Gasteiger partial charge is 0.332 e. The van der Waals surface area contributed by atoms with E-state index >= 15 is 0 Å². The second-order valence-corrected chi connectivity index (χ2v) is 11.8. The van der Waals surface area contributed by atoms with Crippen molar-refractivity contribution in [2.75, 3.05) is 5.33 Å². The minimum atomic E-state index is -1.55. The van der Waals surface area contributed by atoms with Gasteiger partial charge in [-0.25, -0.2) is 14.2 Å². The Kier molecular flexibility index (Phi) is 7.21. The maximum atomic E-state index is 13.2. The van der Waals surface area contributed by atoms with Gasteiger partial charge in [0.2, 0.25) is 0 Å². The lowest BCUT2D eigenvalue weighted by Crippen LogP contribution is -2.52. The highest BCUT2D eigenvalue weighted by Crippen LogP contribution is 2.31. The van der Waals surface area contributed by atoms with Gasteiger partial charge in [0.05, 0.1) is 14.5 Å².